The average molecular weight is 297 g/mol. The van der Waals surface area contributed by atoms with Gasteiger partial charge in [0.15, 0.2) is 0 Å². The SMILES string of the molecule is Cc1cc(F)ccc1S(=O)(=O)NCCCn1ccnc1. The number of aryl methyl sites for hydroxylation is 2. The van der Waals surface area contributed by atoms with Crippen molar-refractivity contribution in [2.45, 2.75) is 24.8 Å². The zero-order valence-corrected chi connectivity index (χ0v) is 11.9. The number of sulfonamides is 1. The summed E-state index contributed by atoms with van der Waals surface area (Å²) in [6.45, 7) is 2.57. The van der Waals surface area contributed by atoms with Crippen molar-refractivity contribution >= 4 is 10.0 Å². The summed E-state index contributed by atoms with van der Waals surface area (Å²) in [6.07, 6.45) is 5.82. The largest absolute Gasteiger partial charge is 0.337 e. The van der Waals surface area contributed by atoms with E-state index in [0.717, 1.165) is 6.07 Å². The summed E-state index contributed by atoms with van der Waals surface area (Å²) < 4.78 is 41.5. The smallest absolute Gasteiger partial charge is 0.240 e. The Hall–Kier alpha value is -1.73. The fourth-order valence-electron chi connectivity index (χ4n) is 1.88. The summed E-state index contributed by atoms with van der Waals surface area (Å²) >= 11 is 0. The molecule has 2 aromatic rings. The third-order valence-electron chi connectivity index (χ3n) is 2.87. The number of hydrogen-bond donors (Lipinski definition) is 1. The maximum absolute atomic E-state index is 13.0. The minimum atomic E-state index is -3.59. The number of halogens is 1. The van der Waals surface area contributed by atoms with Crippen molar-refractivity contribution in [2.24, 2.45) is 0 Å². The first-order chi connectivity index (χ1) is 9.49. The summed E-state index contributed by atoms with van der Waals surface area (Å²) in [7, 11) is -3.59. The molecule has 0 radical (unpaired) electrons. The lowest BCUT2D eigenvalue weighted by molar-refractivity contribution is 0.568. The molecular formula is C13H16FN3O2S. The van der Waals surface area contributed by atoms with Gasteiger partial charge >= 0.3 is 0 Å². The van der Waals surface area contributed by atoms with E-state index >= 15 is 0 Å². The first kappa shape index (κ1) is 14.7. The molecule has 0 amide bonds. The molecule has 0 saturated carbocycles. The number of aromatic nitrogens is 2. The number of imidazole rings is 1. The Morgan fingerprint density at radius 2 is 2.20 bits per heavy atom. The maximum atomic E-state index is 13.0. The van der Waals surface area contributed by atoms with Crippen LogP contribution < -0.4 is 4.72 Å². The zero-order valence-electron chi connectivity index (χ0n) is 11.1. The molecule has 20 heavy (non-hydrogen) atoms. The van der Waals surface area contributed by atoms with Crippen LogP contribution in [0.15, 0.2) is 41.8 Å². The fourth-order valence-corrected chi connectivity index (χ4v) is 3.18. The highest BCUT2D eigenvalue weighted by molar-refractivity contribution is 7.89. The standard InChI is InChI=1S/C13H16FN3O2S/c1-11-9-12(14)3-4-13(11)20(18,19)16-5-2-7-17-8-6-15-10-17/h3-4,6,8-10,16H,2,5,7H2,1H3. The predicted molar refractivity (Wildman–Crippen MR) is 73.2 cm³/mol. The maximum Gasteiger partial charge on any atom is 0.240 e. The monoisotopic (exact) mass is 297 g/mol. The second kappa shape index (κ2) is 6.15. The molecule has 0 fully saturated rings. The van der Waals surface area contributed by atoms with Crippen molar-refractivity contribution in [3.8, 4) is 0 Å². The average Bonchev–Trinajstić information content (AvgIpc) is 2.87. The Labute approximate surface area is 117 Å². The molecule has 0 unspecified atom stereocenters. The zero-order chi connectivity index (χ0) is 14.6. The van der Waals surface area contributed by atoms with E-state index < -0.39 is 15.8 Å². The van der Waals surface area contributed by atoms with Gasteiger partial charge < -0.3 is 4.57 Å². The predicted octanol–water partition coefficient (Wildman–Crippen LogP) is 1.70. The van der Waals surface area contributed by atoms with Gasteiger partial charge in [0, 0.05) is 25.5 Å². The molecule has 5 nitrogen and oxygen atoms in total. The van der Waals surface area contributed by atoms with Crippen LogP contribution in [0.25, 0.3) is 0 Å². The van der Waals surface area contributed by atoms with E-state index in [1.807, 2.05) is 10.8 Å². The number of hydrogen-bond acceptors (Lipinski definition) is 3. The Bertz CT molecular complexity index is 669. The van der Waals surface area contributed by atoms with Gasteiger partial charge in [0.1, 0.15) is 5.82 Å². The van der Waals surface area contributed by atoms with E-state index in [1.54, 1.807) is 19.4 Å². The summed E-state index contributed by atoms with van der Waals surface area (Å²) in [5, 5.41) is 0. The molecule has 0 bridgehead atoms. The highest BCUT2D eigenvalue weighted by Gasteiger charge is 2.16. The highest BCUT2D eigenvalue weighted by Crippen LogP contribution is 2.15. The van der Waals surface area contributed by atoms with Crippen LogP contribution in [0.3, 0.4) is 0 Å². The Morgan fingerprint density at radius 1 is 1.40 bits per heavy atom. The van der Waals surface area contributed by atoms with Crippen LogP contribution in [0.5, 0.6) is 0 Å². The van der Waals surface area contributed by atoms with E-state index in [4.69, 9.17) is 0 Å². The Morgan fingerprint density at radius 3 is 2.85 bits per heavy atom. The lowest BCUT2D eigenvalue weighted by Crippen LogP contribution is -2.26. The van der Waals surface area contributed by atoms with Crippen LogP contribution in [0, 0.1) is 12.7 Å². The minimum Gasteiger partial charge on any atom is -0.337 e. The van der Waals surface area contributed by atoms with Crippen LogP contribution in [-0.4, -0.2) is 24.5 Å². The number of nitrogens with zero attached hydrogens (tertiary/aromatic N) is 2. The van der Waals surface area contributed by atoms with E-state index in [-0.39, 0.29) is 4.90 Å². The van der Waals surface area contributed by atoms with Crippen molar-refractivity contribution < 1.29 is 12.8 Å². The second-order valence-corrected chi connectivity index (χ2v) is 6.20. The van der Waals surface area contributed by atoms with Gasteiger partial charge in [0.2, 0.25) is 10.0 Å². The molecule has 1 heterocycles. The highest BCUT2D eigenvalue weighted by atomic mass is 32.2. The lowest BCUT2D eigenvalue weighted by Gasteiger charge is -2.09. The van der Waals surface area contributed by atoms with Gasteiger partial charge in [-0.25, -0.2) is 22.5 Å². The molecule has 1 aromatic carbocycles. The molecule has 1 N–H and O–H groups in total. The van der Waals surface area contributed by atoms with Gasteiger partial charge in [-0.1, -0.05) is 0 Å². The van der Waals surface area contributed by atoms with E-state index in [9.17, 15) is 12.8 Å². The first-order valence-corrected chi connectivity index (χ1v) is 7.69. The third-order valence-corrected chi connectivity index (χ3v) is 4.49. The molecule has 0 aliphatic carbocycles. The second-order valence-electron chi connectivity index (χ2n) is 4.46. The van der Waals surface area contributed by atoms with Crippen LogP contribution >= 0.6 is 0 Å². The van der Waals surface area contributed by atoms with E-state index in [0.29, 0.717) is 25.1 Å². The first-order valence-electron chi connectivity index (χ1n) is 6.20. The summed E-state index contributed by atoms with van der Waals surface area (Å²) in [6, 6.07) is 3.63. The molecule has 2 rings (SSSR count). The topological polar surface area (TPSA) is 64.0 Å². The molecule has 0 atom stereocenters. The van der Waals surface area contributed by atoms with Crippen molar-refractivity contribution in [1.29, 1.82) is 0 Å². The number of nitrogens with one attached hydrogen (secondary N) is 1. The summed E-state index contributed by atoms with van der Waals surface area (Å²) in [4.78, 5) is 4.02. The molecule has 7 heteroatoms. The minimum absolute atomic E-state index is 0.113. The third kappa shape index (κ3) is 3.64. The van der Waals surface area contributed by atoms with Gasteiger partial charge in [-0.3, -0.25) is 0 Å². The lowest BCUT2D eigenvalue weighted by atomic mass is 10.2. The van der Waals surface area contributed by atoms with Crippen molar-refractivity contribution in [1.82, 2.24) is 14.3 Å². The summed E-state index contributed by atoms with van der Waals surface area (Å²) in [5.74, 6) is -0.443. The van der Waals surface area contributed by atoms with Crippen molar-refractivity contribution in [2.75, 3.05) is 6.54 Å². The number of benzene rings is 1. The molecule has 1 aromatic heterocycles. The van der Waals surface area contributed by atoms with Crippen LogP contribution in [0.2, 0.25) is 0 Å². The van der Waals surface area contributed by atoms with Gasteiger partial charge in [-0.2, -0.15) is 0 Å². The molecular weight excluding hydrogens is 281 g/mol. The molecule has 0 saturated heterocycles. The van der Waals surface area contributed by atoms with Gasteiger partial charge in [-0.05, 0) is 37.1 Å². The fraction of sp³-hybridized carbons (Fsp3) is 0.308. The van der Waals surface area contributed by atoms with Crippen LogP contribution in [-0.2, 0) is 16.6 Å². The quantitative estimate of drug-likeness (QED) is 0.825. The van der Waals surface area contributed by atoms with E-state index in [1.165, 1.54) is 12.1 Å². The Balaban J connectivity index is 1.93. The Kier molecular flexibility index (Phi) is 4.51. The normalized spacial score (nSPS) is 11.7. The molecule has 0 aliphatic heterocycles. The van der Waals surface area contributed by atoms with Crippen LogP contribution in [0.1, 0.15) is 12.0 Å². The van der Waals surface area contributed by atoms with Gasteiger partial charge in [-0.15, -0.1) is 0 Å². The molecule has 0 aliphatic rings. The number of rotatable bonds is 6. The van der Waals surface area contributed by atoms with Crippen molar-refractivity contribution in [3.63, 3.8) is 0 Å². The van der Waals surface area contributed by atoms with Crippen LogP contribution in [0.4, 0.5) is 4.39 Å². The van der Waals surface area contributed by atoms with Gasteiger partial charge in [0.25, 0.3) is 0 Å². The van der Waals surface area contributed by atoms with Gasteiger partial charge in [0.05, 0.1) is 11.2 Å². The molecule has 108 valence electrons. The van der Waals surface area contributed by atoms with Crippen molar-refractivity contribution in [3.05, 3.63) is 48.3 Å². The molecule has 0 spiro atoms. The summed E-state index contributed by atoms with van der Waals surface area (Å²) in [5.41, 5.74) is 0.395. The van der Waals surface area contributed by atoms with E-state index in [2.05, 4.69) is 9.71 Å².